The van der Waals surface area contributed by atoms with E-state index in [0.29, 0.717) is 48.9 Å². The second-order valence-electron chi connectivity index (χ2n) is 7.71. The number of para-hydroxylation sites is 1. The summed E-state index contributed by atoms with van der Waals surface area (Å²) in [7, 11) is 0. The van der Waals surface area contributed by atoms with Crippen LogP contribution >= 0.6 is 0 Å². The van der Waals surface area contributed by atoms with Crippen molar-refractivity contribution in [2.45, 2.75) is 32.2 Å². The third-order valence-corrected chi connectivity index (χ3v) is 5.61. The highest BCUT2D eigenvalue weighted by Gasteiger charge is 2.33. The number of piperidine rings is 1. The number of aromatic nitrogens is 2. The van der Waals surface area contributed by atoms with Gasteiger partial charge in [0.2, 0.25) is 0 Å². The summed E-state index contributed by atoms with van der Waals surface area (Å²) in [6.07, 6.45) is 8.11. The molecule has 2 aromatic rings. The first-order chi connectivity index (χ1) is 14.6. The number of carbonyl (C=O) groups excluding carboxylic acids is 2. The van der Waals surface area contributed by atoms with Crippen LogP contribution in [0.3, 0.4) is 0 Å². The van der Waals surface area contributed by atoms with Gasteiger partial charge in [-0.25, -0.2) is 9.97 Å². The van der Waals surface area contributed by atoms with E-state index in [1.807, 2.05) is 23.1 Å². The van der Waals surface area contributed by atoms with Gasteiger partial charge < -0.3 is 15.0 Å². The number of allylic oxidation sites excluding steroid dienone is 1. The Hall–Kier alpha value is -3.22. The van der Waals surface area contributed by atoms with Crippen molar-refractivity contribution in [2.24, 2.45) is 5.92 Å². The Morgan fingerprint density at radius 3 is 2.97 bits per heavy atom. The quantitative estimate of drug-likeness (QED) is 0.736. The Morgan fingerprint density at radius 1 is 1.23 bits per heavy atom. The van der Waals surface area contributed by atoms with Gasteiger partial charge in [0, 0.05) is 31.2 Å². The number of ether oxygens (including phenoxy) is 1. The molecule has 7 heteroatoms. The van der Waals surface area contributed by atoms with Crippen LogP contribution in [-0.4, -0.2) is 52.4 Å². The Balaban J connectivity index is 1.53. The van der Waals surface area contributed by atoms with Crippen LogP contribution in [0.1, 0.15) is 45.9 Å². The molecular weight excluding hydrogens is 380 g/mol. The predicted octanol–water partition coefficient (Wildman–Crippen LogP) is 2.77. The number of benzene rings is 1. The molecule has 1 aromatic carbocycles. The SMILES string of the molecule is Cc1nccc(C(=O)N2CC[C@H]3NC(=O)c4ccccc4OCC/C=C/C[C@H]3C2)n1. The summed E-state index contributed by atoms with van der Waals surface area (Å²) in [5, 5.41) is 3.18. The van der Waals surface area contributed by atoms with Gasteiger partial charge in [-0.1, -0.05) is 24.3 Å². The van der Waals surface area contributed by atoms with E-state index in [1.54, 1.807) is 25.3 Å². The maximum absolute atomic E-state index is 12.9. The topological polar surface area (TPSA) is 84.4 Å². The Labute approximate surface area is 176 Å². The molecule has 1 saturated heterocycles. The lowest BCUT2D eigenvalue weighted by molar-refractivity contribution is 0.0613. The molecule has 3 heterocycles. The second kappa shape index (κ2) is 9.07. The minimum Gasteiger partial charge on any atom is -0.492 e. The third-order valence-electron chi connectivity index (χ3n) is 5.61. The molecule has 2 atom stereocenters. The van der Waals surface area contributed by atoms with E-state index in [9.17, 15) is 9.59 Å². The fourth-order valence-electron chi connectivity index (χ4n) is 4.03. The van der Waals surface area contributed by atoms with Crippen molar-refractivity contribution in [1.29, 1.82) is 0 Å². The maximum atomic E-state index is 12.9. The molecule has 0 bridgehead atoms. The van der Waals surface area contributed by atoms with E-state index < -0.39 is 0 Å². The molecule has 2 aliphatic heterocycles. The number of rotatable bonds is 1. The van der Waals surface area contributed by atoms with Gasteiger partial charge in [-0.15, -0.1) is 0 Å². The van der Waals surface area contributed by atoms with E-state index in [1.165, 1.54) is 0 Å². The fourth-order valence-corrected chi connectivity index (χ4v) is 4.03. The van der Waals surface area contributed by atoms with Crippen LogP contribution in [0, 0.1) is 12.8 Å². The maximum Gasteiger partial charge on any atom is 0.272 e. The van der Waals surface area contributed by atoms with E-state index in [-0.39, 0.29) is 23.8 Å². The van der Waals surface area contributed by atoms with Gasteiger partial charge >= 0.3 is 0 Å². The molecule has 0 radical (unpaired) electrons. The molecule has 1 N–H and O–H groups in total. The zero-order valence-electron chi connectivity index (χ0n) is 17.1. The Kier molecular flexibility index (Phi) is 6.07. The highest BCUT2D eigenvalue weighted by atomic mass is 16.5. The zero-order valence-corrected chi connectivity index (χ0v) is 17.1. The van der Waals surface area contributed by atoms with Crippen LogP contribution in [-0.2, 0) is 0 Å². The van der Waals surface area contributed by atoms with Crippen LogP contribution in [0.4, 0.5) is 0 Å². The molecule has 7 nitrogen and oxygen atoms in total. The Morgan fingerprint density at radius 2 is 2.10 bits per heavy atom. The van der Waals surface area contributed by atoms with Crippen LogP contribution in [0.5, 0.6) is 5.75 Å². The monoisotopic (exact) mass is 406 g/mol. The number of carbonyl (C=O) groups is 2. The minimum absolute atomic E-state index is 0.00850. The van der Waals surface area contributed by atoms with Crippen molar-refractivity contribution in [2.75, 3.05) is 19.7 Å². The van der Waals surface area contributed by atoms with E-state index >= 15 is 0 Å². The number of likely N-dealkylation sites (tertiary alicyclic amines) is 1. The zero-order chi connectivity index (χ0) is 20.9. The molecular formula is C23H26N4O3. The molecule has 1 aromatic heterocycles. The van der Waals surface area contributed by atoms with Crippen molar-refractivity contribution in [3.63, 3.8) is 0 Å². The summed E-state index contributed by atoms with van der Waals surface area (Å²) in [5.74, 6) is 1.11. The molecule has 4 rings (SSSR count). The molecule has 2 aliphatic rings. The van der Waals surface area contributed by atoms with Crippen LogP contribution in [0.25, 0.3) is 0 Å². The number of nitrogens with one attached hydrogen (secondary N) is 1. The first kappa shape index (κ1) is 20.1. The lowest BCUT2D eigenvalue weighted by Crippen LogP contribution is -2.52. The molecule has 0 unspecified atom stereocenters. The first-order valence-electron chi connectivity index (χ1n) is 10.4. The van der Waals surface area contributed by atoms with Gasteiger partial charge in [0.25, 0.3) is 11.8 Å². The summed E-state index contributed by atoms with van der Waals surface area (Å²) in [4.78, 5) is 36.1. The van der Waals surface area contributed by atoms with Crippen LogP contribution in [0.2, 0.25) is 0 Å². The van der Waals surface area contributed by atoms with Gasteiger partial charge in [0.15, 0.2) is 0 Å². The molecule has 30 heavy (non-hydrogen) atoms. The fraction of sp³-hybridized carbons (Fsp3) is 0.391. The van der Waals surface area contributed by atoms with Gasteiger partial charge in [0.1, 0.15) is 17.3 Å². The summed E-state index contributed by atoms with van der Waals surface area (Å²) in [6.45, 7) is 3.45. The van der Waals surface area contributed by atoms with Crippen molar-refractivity contribution in [3.8, 4) is 5.75 Å². The standard InChI is InChI=1S/C23H26N4O3/c1-16-24-12-10-20(25-16)23(29)27-13-11-19-17(15-27)7-3-2-6-14-30-21-9-5-4-8-18(21)22(28)26-19/h2-5,8-10,12,17,19H,6-7,11,13-15H2,1H3,(H,26,28)/b3-2+/t17-,19+/m0/s1. The second-order valence-corrected chi connectivity index (χ2v) is 7.71. The molecule has 2 amide bonds. The lowest BCUT2D eigenvalue weighted by Gasteiger charge is -2.38. The summed E-state index contributed by atoms with van der Waals surface area (Å²) >= 11 is 0. The van der Waals surface area contributed by atoms with Gasteiger partial charge in [0.05, 0.1) is 12.2 Å². The number of amides is 2. The highest BCUT2D eigenvalue weighted by molar-refractivity contribution is 5.97. The van der Waals surface area contributed by atoms with Crippen molar-refractivity contribution in [3.05, 3.63) is 65.8 Å². The van der Waals surface area contributed by atoms with Crippen molar-refractivity contribution >= 4 is 11.8 Å². The number of hydrogen-bond acceptors (Lipinski definition) is 5. The van der Waals surface area contributed by atoms with E-state index in [4.69, 9.17) is 4.74 Å². The number of aryl methyl sites for hydroxylation is 1. The molecule has 1 fully saturated rings. The Bertz CT molecular complexity index is 959. The van der Waals surface area contributed by atoms with Gasteiger partial charge in [-0.2, -0.15) is 0 Å². The molecule has 0 aliphatic carbocycles. The van der Waals surface area contributed by atoms with Gasteiger partial charge in [-0.05, 0) is 44.4 Å². The summed E-state index contributed by atoms with van der Waals surface area (Å²) in [5.41, 5.74) is 0.968. The average molecular weight is 406 g/mol. The smallest absolute Gasteiger partial charge is 0.272 e. The molecule has 0 saturated carbocycles. The van der Waals surface area contributed by atoms with Crippen molar-refractivity contribution < 1.29 is 14.3 Å². The average Bonchev–Trinajstić information content (AvgIpc) is 2.76. The normalized spacial score (nSPS) is 23.0. The lowest BCUT2D eigenvalue weighted by atomic mass is 9.88. The number of nitrogens with zero attached hydrogens (tertiary/aromatic N) is 3. The first-order valence-corrected chi connectivity index (χ1v) is 10.4. The highest BCUT2D eigenvalue weighted by Crippen LogP contribution is 2.25. The van der Waals surface area contributed by atoms with Crippen LogP contribution in [0.15, 0.2) is 48.7 Å². The molecule has 156 valence electrons. The largest absolute Gasteiger partial charge is 0.492 e. The van der Waals surface area contributed by atoms with E-state index in [2.05, 4.69) is 27.4 Å². The van der Waals surface area contributed by atoms with E-state index in [0.717, 1.165) is 12.8 Å². The van der Waals surface area contributed by atoms with Crippen molar-refractivity contribution in [1.82, 2.24) is 20.2 Å². The number of fused-ring (bicyclic) bond motifs is 2. The van der Waals surface area contributed by atoms with Crippen LogP contribution < -0.4 is 10.1 Å². The molecule has 0 spiro atoms. The van der Waals surface area contributed by atoms with Gasteiger partial charge in [-0.3, -0.25) is 9.59 Å². The summed E-state index contributed by atoms with van der Waals surface area (Å²) < 4.78 is 5.80. The minimum atomic E-state index is -0.128. The summed E-state index contributed by atoms with van der Waals surface area (Å²) in [6, 6.07) is 8.97. The number of hydrogen-bond donors (Lipinski definition) is 1. The predicted molar refractivity (Wildman–Crippen MR) is 112 cm³/mol. The third kappa shape index (κ3) is 4.50.